The largest absolute Gasteiger partial charge is 0.493 e. The highest BCUT2D eigenvalue weighted by atomic mass is 16.5. The van der Waals surface area contributed by atoms with Crippen LogP contribution in [0.15, 0.2) is 18.2 Å². The molecule has 4 heteroatoms. The van der Waals surface area contributed by atoms with Gasteiger partial charge >= 0.3 is 0 Å². The van der Waals surface area contributed by atoms with Gasteiger partial charge in [-0.15, -0.1) is 0 Å². The van der Waals surface area contributed by atoms with Crippen molar-refractivity contribution in [1.82, 2.24) is 5.32 Å². The molecule has 19 heavy (non-hydrogen) atoms. The number of hydrogen-bond donors (Lipinski definition) is 2. The molecule has 1 aromatic carbocycles. The zero-order valence-electron chi connectivity index (χ0n) is 11.7. The van der Waals surface area contributed by atoms with Crippen molar-refractivity contribution in [1.29, 1.82) is 0 Å². The molecule has 0 saturated carbocycles. The number of hydrogen-bond acceptors (Lipinski definition) is 3. The van der Waals surface area contributed by atoms with E-state index in [2.05, 4.69) is 5.32 Å². The van der Waals surface area contributed by atoms with Crippen LogP contribution in [-0.4, -0.2) is 29.8 Å². The van der Waals surface area contributed by atoms with E-state index in [9.17, 15) is 9.90 Å². The molecule has 104 valence electrons. The molecule has 1 aromatic rings. The van der Waals surface area contributed by atoms with Gasteiger partial charge in [-0.05, 0) is 36.6 Å². The minimum atomic E-state index is -0.893. The number of rotatable bonds is 4. The molecule has 1 amide bonds. The smallest absolute Gasteiger partial charge is 0.251 e. The summed E-state index contributed by atoms with van der Waals surface area (Å²) in [7, 11) is 0. The maximum atomic E-state index is 12.1. The molecule has 1 aliphatic rings. The molecule has 0 fully saturated rings. The highest BCUT2D eigenvalue weighted by Gasteiger charge is 2.25. The second-order valence-electron chi connectivity index (χ2n) is 5.62. The molecule has 4 nitrogen and oxygen atoms in total. The predicted octanol–water partition coefficient (Wildman–Crippen LogP) is 1.76. The quantitative estimate of drug-likeness (QED) is 0.870. The fraction of sp³-hybridized carbons (Fsp3) is 0.533. The molecule has 0 aromatic heterocycles. The van der Waals surface area contributed by atoms with E-state index in [4.69, 9.17) is 4.74 Å². The maximum absolute atomic E-state index is 12.1. The minimum absolute atomic E-state index is 0.0845. The summed E-state index contributed by atoms with van der Waals surface area (Å²) in [5, 5.41) is 12.9. The lowest BCUT2D eigenvalue weighted by Gasteiger charge is -2.27. The van der Waals surface area contributed by atoms with Crippen LogP contribution in [0.25, 0.3) is 0 Å². The summed E-state index contributed by atoms with van der Waals surface area (Å²) in [6.45, 7) is 6.52. The van der Waals surface area contributed by atoms with Crippen LogP contribution in [0, 0.1) is 5.92 Å². The summed E-state index contributed by atoms with van der Waals surface area (Å²) in [5.74, 6) is 0.794. The topological polar surface area (TPSA) is 58.6 Å². The fourth-order valence-corrected chi connectivity index (χ4v) is 1.89. The first-order chi connectivity index (χ1) is 8.90. The van der Waals surface area contributed by atoms with E-state index in [1.807, 2.05) is 26.0 Å². The number of nitrogens with one attached hydrogen (secondary N) is 1. The minimum Gasteiger partial charge on any atom is -0.493 e. The van der Waals surface area contributed by atoms with Gasteiger partial charge in [0.25, 0.3) is 5.91 Å². The van der Waals surface area contributed by atoms with Gasteiger partial charge in [-0.3, -0.25) is 4.79 Å². The van der Waals surface area contributed by atoms with Gasteiger partial charge in [-0.1, -0.05) is 13.8 Å². The molecule has 0 spiro atoms. The van der Waals surface area contributed by atoms with Crippen molar-refractivity contribution >= 4 is 5.91 Å². The van der Waals surface area contributed by atoms with Crippen molar-refractivity contribution in [2.75, 3.05) is 13.2 Å². The summed E-state index contributed by atoms with van der Waals surface area (Å²) in [4.78, 5) is 12.1. The Labute approximate surface area is 113 Å². The second-order valence-corrected chi connectivity index (χ2v) is 5.62. The number of ether oxygens (including phenoxy) is 1. The van der Waals surface area contributed by atoms with Crippen LogP contribution in [-0.2, 0) is 6.42 Å². The number of carbonyl (C=O) groups excluding carboxylic acids is 1. The van der Waals surface area contributed by atoms with Gasteiger partial charge in [0.05, 0.1) is 12.2 Å². The normalized spacial score (nSPS) is 16.7. The monoisotopic (exact) mass is 263 g/mol. The molecule has 0 radical (unpaired) electrons. The summed E-state index contributed by atoms with van der Waals surface area (Å²) >= 11 is 0. The van der Waals surface area contributed by atoms with Gasteiger partial charge in [0, 0.05) is 18.5 Å². The number of benzene rings is 1. The zero-order valence-corrected chi connectivity index (χ0v) is 11.7. The van der Waals surface area contributed by atoms with E-state index in [0.717, 1.165) is 17.7 Å². The Bertz CT molecular complexity index is 480. The summed E-state index contributed by atoms with van der Waals surface area (Å²) in [6, 6.07) is 5.45. The third-order valence-corrected chi connectivity index (χ3v) is 3.80. The molecule has 1 atom stereocenters. The van der Waals surface area contributed by atoms with E-state index >= 15 is 0 Å². The van der Waals surface area contributed by atoms with Gasteiger partial charge in [-0.2, -0.15) is 0 Å². The number of carbonyl (C=O) groups is 1. The van der Waals surface area contributed by atoms with Crippen LogP contribution >= 0.6 is 0 Å². The highest BCUT2D eigenvalue weighted by Crippen LogP contribution is 2.25. The lowest BCUT2D eigenvalue weighted by Crippen LogP contribution is -2.44. The van der Waals surface area contributed by atoms with Crippen LogP contribution in [0.2, 0.25) is 0 Å². The summed E-state index contributed by atoms with van der Waals surface area (Å²) in [6.07, 6.45) is 0.847. The zero-order chi connectivity index (χ0) is 14.0. The Hall–Kier alpha value is -1.55. The Kier molecular flexibility index (Phi) is 3.80. The Morgan fingerprint density at radius 1 is 1.53 bits per heavy atom. The molecule has 0 saturated heterocycles. The molecule has 2 N–H and O–H groups in total. The van der Waals surface area contributed by atoms with Crippen molar-refractivity contribution in [2.24, 2.45) is 5.92 Å². The molecule has 1 unspecified atom stereocenters. The molecular weight excluding hydrogens is 242 g/mol. The number of amides is 1. The second kappa shape index (κ2) is 5.21. The standard InChI is InChI=1S/C15H21NO3/c1-10(2)15(3,18)9-16-14(17)12-4-5-13-11(8-12)6-7-19-13/h4-5,8,10,18H,6-7,9H2,1-3H3,(H,16,17). The van der Waals surface area contributed by atoms with Gasteiger partial charge in [0.15, 0.2) is 0 Å². The van der Waals surface area contributed by atoms with Gasteiger partial charge < -0.3 is 15.2 Å². The number of fused-ring (bicyclic) bond motifs is 1. The Morgan fingerprint density at radius 3 is 2.95 bits per heavy atom. The lowest BCUT2D eigenvalue weighted by molar-refractivity contribution is 0.0142. The van der Waals surface area contributed by atoms with Gasteiger partial charge in [0.1, 0.15) is 5.75 Å². The average Bonchev–Trinajstić information content (AvgIpc) is 2.82. The molecule has 1 heterocycles. The third kappa shape index (κ3) is 3.07. The first-order valence-corrected chi connectivity index (χ1v) is 6.66. The first kappa shape index (κ1) is 13.9. The van der Waals surface area contributed by atoms with E-state index < -0.39 is 5.60 Å². The van der Waals surface area contributed by atoms with Gasteiger partial charge in [0.2, 0.25) is 0 Å². The van der Waals surface area contributed by atoms with Crippen molar-refractivity contribution in [3.8, 4) is 5.75 Å². The summed E-state index contributed by atoms with van der Waals surface area (Å²) < 4.78 is 5.41. The van der Waals surface area contributed by atoms with Crippen LogP contribution in [0.3, 0.4) is 0 Å². The summed E-state index contributed by atoms with van der Waals surface area (Å²) in [5.41, 5.74) is 0.794. The average molecular weight is 263 g/mol. The third-order valence-electron chi connectivity index (χ3n) is 3.80. The molecule has 0 aliphatic carbocycles. The van der Waals surface area contributed by atoms with E-state index in [0.29, 0.717) is 12.2 Å². The lowest BCUT2D eigenvalue weighted by atomic mass is 9.92. The van der Waals surface area contributed by atoms with Crippen molar-refractivity contribution in [3.63, 3.8) is 0 Å². The van der Waals surface area contributed by atoms with E-state index in [1.165, 1.54) is 0 Å². The van der Waals surface area contributed by atoms with Gasteiger partial charge in [-0.25, -0.2) is 0 Å². The predicted molar refractivity (Wildman–Crippen MR) is 73.4 cm³/mol. The van der Waals surface area contributed by atoms with Crippen LogP contribution in [0.5, 0.6) is 5.75 Å². The van der Waals surface area contributed by atoms with Crippen molar-refractivity contribution in [2.45, 2.75) is 32.8 Å². The van der Waals surface area contributed by atoms with Crippen LogP contribution in [0.1, 0.15) is 36.7 Å². The van der Waals surface area contributed by atoms with Crippen LogP contribution in [0.4, 0.5) is 0 Å². The highest BCUT2D eigenvalue weighted by molar-refractivity contribution is 5.94. The Balaban J connectivity index is 2.01. The fourth-order valence-electron chi connectivity index (χ4n) is 1.89. The molecule has 0 bridgehead atoms. The van der Waals surface area contributed by atoms with E-state index in [-0.39, 0.29) is 18.4 Å². The SMILES string of the molecule is CC(C)C(C)(O)CNC(=O)c1ccc2c(c1)CCO2. The molecule has 2 rings (SSSR count). The Morgan fingerprint density at radius 2 is 2.26 bits per heavy atom. The van der Waals surface area contributed by atoms with Crippen LogP contribution < -0.4 is 10.1 Å². The van der Waals surface area contributed by atoms with E-state index in [1.54, 1.807) is 13.0 Å². The van der Waals surface area contributed by atoms with Crippen molar-refractivity contribution in [3.05, 3.63) is 29.3 Å². The maximum Gasteiger partial charge on any atom is 0.251 e. The first-order valence-electron chi connectivity index (χ1n) is 6.66. The van der Waals surface area contributed by atoms with Crippen molar-refractivity contribution < 1.29 is 14.6 Å². The molecular formula is C15H21NO3. The molecule has 1 aliphatic heterocycles. The number of aliphatic hydroxyl groups is 1.